The first-order valence-electron chi connectivity index (χ1n) is 5.14. The number of nitrogens with two attached hydrogens (primary N) is 1. The van der Waals surface area contributed by atoms with Crippen molar-refractivity contribution in [3.8, 4) is 11.5 Å². The van der Waals surface area contributed by atoms with Gasteiger partial charge in [0.25, 0.3) is 0 Å². The Morgan fingerprint density at radius 2 is 1.86 bits per heavy atom. The van der Waals surface area contributed by atoms with Crippen LogP contribution in [0.5, 0.6) is 11.5 Å². The number of thiocarbonyl (C=S) groups is 1. The Balaban J connectivity index is -0.000000184. The molecule has 0 spiro atoms. The van der Waals surface area contributed by atoms with Gasteiger partial charge in [-0.05, 0) is 12.0 Å². The third-order valence-electron chi connectivity index (χ3n) is 1.69. The van der Waals surface area contributed by atoms with Crippen molar-refractivity contribution in [1.29, 1.82) is 0 Å². The summed E-state index contributed by atoms with van der Waals surface area (Å²) in [7, 11) is 3.12. The molecular weight excluding hydrogens is 340 g/mol. The molecule has 0 fully saturated rings. The van der Waals surface area contributed by atoms with E-state index < -0.39 is 0 Å². The van der Waals surface area contributed by atoms with Gasteiger partial charge in [0.2, 0.25) is 0 Å². The summed E-state index contributed by atoms with van der Waals surface area (Å²) in [6, 6.07) is 5.25. The molecule has 0 amide bonds. The number of carbonyl (C=O) groups excluding carboxylic acids is 1. The number of methoxy groups -OCH3 is 2. The van der Waals surface area contributed by atoms with Crippen LogP contribution in [0.15, 0.2) is 24.3 Å². The van der Waals surface area contributed by atoms with Crippen LogP contribution < -0.4 is 118 Å². The van der Waals surface area contributed by atoms with E-state index in [9.17, 15) is 4.79 Å². The number of benzene rings is 1. The smallest absolute Gasteiger partial charge is 0.582 e. The number of rotatable bonds is 4. The molecule has 0 heterocycles. The molecule has 1 rings (SSSR count). The van der Waals surface area contributed by atoms with Gasteiger partial charge in [-0.25, -0.2) is 11.6 Å². The van der Waals surface area contributed by atoms with E-state index in [1.807, 2.05) is 0 Å². The molecular formula is C14H17K2NO3S-2. The average Bonchev–Trinajstić information content (AvgIpc) is 2.47. The fourth-order valence-corrected chi connectivity index (χ4v) is 1.03. The average molecular weight is 358 g/mol. The maximum Gasteiger partial charge on any atom is 1.00 e. The summed E-state index contributed by atoms with van der Waals surface area (Å²) in [4.78, 5) is 10.0. The minimum Gasteiger partial charge on any atom is -0.582 e. The fraction of sp³-hybridized carbons (Fsp3) is 0.214. The first kappa shape index (κ1) is 30.4. The molecule has 106 valence electrons. The predicted molar refractivity (Wildman–Crippen MR) is 80.2 cm³/mol. The molecule has 1 aromatic rings. The molecule has 0 aromatic heterocycles. The van der Waals surface area contributed by atoms with Crippen LogP contribution in [0.2, 0.25) is 0 Å². The molecule has 0 aliphatic carbocycles. The molecule has 1 aromatic carbocycles. The van der Waals surface area contributed by atoms with Gasteiger partial charge in [0.15, 0.2) is 0 Å². The Hall–Kier alpha value is 1.55. The Morgan fingerprint density at radius 3 is 2.24 bits per heavy atom. The molecule has 0 unspecified atom stereocenters. The summed E-state index contributed by atoms with van der Waals surface area (Å²) in [5, 5.41) is 0. The molecule has 4 nitrogen and oxygen atoms in total. The van der Waals surface area contributed by atoms with Crippen molar-refractivity contribution in [1.82, 2.24) is 0 Å². The van der Waals surface area contributed by atoms with Gasteiger partial charge in [0.1, 0.15) is 0 Å². The van der Waals surface area contributed by atoms with Crippen LogP contribution in [0, 0.1) is 13.0 Å². The van der Waals surface area contributed by atoms with Crippen molar-refractivity contribution in [2.45, 2.75) is 0 Å². The van der Waals surface area contributed by atoms with E-state index in [2.05, 4.69) is 31.1 Å². The van der Waals surface area contributed by atoms with E-state index >= 15 is 0 Å². The number of hydrogen-bond donors (Lipinski definition) is 1. The SMILES string of the molecule is COc1ccc(OC)c([C-]=C[C-]=O)c1.[CH-]=S.[CH2-]CN.[K+].[K+]. The van der Waals surface area contributed by atoms with Crippen molar-refractivity contribution >= 4 is 24.4 Å². The first-order valence-corrected chi connectivity index (χ1v) is 5.61. The van der Waals surface area contributed by atoms with Gasteiger partial charge in [-0.3, -0.25) is 6.08 Å². The first-order chi connectivity index (χ1) is 9.23. The fourth-order valence-electron chi connectivity index (χ4n) is 1.03. The summed E-state index contributed by atoms with van der Waals surface area (Å²) in [6.45, 7) is 3.76. The van der Waals surface area contributed by atoms with Crippen LogP contribution in [0.1, 0.15) is 5.56 Å². The summed E-state index contributed by atoms with van der Waals surface area (Å²) in [5.41, 5.74) is 5.40. The molecule has 0 saturated heterocycles. The summed E-state index contributed by atoms with van der Waals surface area (Å²) in [6.07, 6.45) is 5.52. The van der Waals surface area contributed by atoms with Gasteiger partial charge >= 0.3 is 103 Å². The second kappa shape index (κ2) is 23.8. The van der Waals surface area contributed by atoms with Crippen molar-refractivity contribution < 1.29 is 117 Å². The zero-order valence-electron chi connectivity index (χ0n) is 13.0. The molecule has 0 saturated carbocycles. The third-order valence-corrected chi connectivity index (χ3v) is 1.69. The van der Waals surface area contributed by atoms with Crippen LogP contribution in [0.3, 0.4) is 0 Å². The largest absolute Gasteiger partial charge is 1.00 e. The van der Waals surface area contributed by atoms with E-state index in [0.717, 1.165) is 6.08 Å². The van der Waals surface area contributed by atoms with E-state index in [1.54, 1.807) is 38.7 Å². The van der Waals surface area contributed by atoms with Gasteiger partial charge in [-0.2, -0.15) is 6.07 Å². The van der Waals surface area contributed by atoms with Gasteiger partial charge in [0.05, 0.1) is 14.2 Å². The molecule has 0 aliphatic rings. The van der Waals surface area contributed by atoms with Crippen LogP contribution in [-0.2, 0) is 4.79 Å². The number of ether oxygens (including phenoxy) is 2. The molecule has 21 heavy (non-hydrogen) atoms. The van der Waals surface area contributed by atoms with Crippen molar-refractivity contribution in [3.63, 3.8) is 0 Å². The second-order valence-corrected chi connectivity index (χ2v) is 2.76. The monoisotopic (exact) mass is 357 g/mol. The predicted octanol–water partition coefficient (Wildman–Crippen LogP) is -4.20. The molecule has 0 bridgehead atoms. The summed E-state index contributed by atoms with van der Waals surface area (Å²) < 4.78 is 10.1. The van der Waals surface area contributed by atoms with Crippen molar-refractivity contribution in [3.05, 3.63) is 42.8 Å². The van der Waals surface area contributed by atoms with Gasteiger partial charge in [-0.1, -0.05) is 6.07 Å². The third kappa shape index (κ3) is 16.2. The Morgan fingerprint density at radius 1 is 1.33 bits per heavy atom. The molecule has 2 N–H and O–H groups in total. The quantitative estimate of drug-likeness (QED) is 0.256. The van der Waals surface area contributed by atoms with Crippen LogP contribution in [0.25, 0.3) is 0 Å². The van der Waals surface area contributed by atoms with Gasteiger partial charge in [0, 0.05) is 5.75 Å². The summed E-state index contributed by atoms with van der Waals surface area (Å²) in [5.74, 6) is 5.41. The maximum atomic E-state index is 10.0. The maximum absolute atomic E-state index is 10.0. The number of allylic oxidation sites excluding steroid dienone is 1. The van der Waals surface area contributed by atoms with Crippen LogP contribution >= 0.6 is 12.2 Å². The molecule has 0 radical (unpaired) electrons. The molecule has 0 atom stereocenters. The van der Waals surface area contributed by atoms with E-state index in [4.69, 9.17) is 15.2 Å². The van der Waals surface area contributed by atoms with Gasteiger partial charge < -0.3 is 45.0 Å². The van der Waals surface area contributed by atoms with E-state index in [1.165, 1.54) is 0 Å². The van der Waals surface area contributed by atoms with Crippen LogP contribution in [0.4, 0.5) is 0 Å². The van der Waals surface area contributed by atoms with E-state index in [0.29, 0.717) is 23.6 Å². The van der Waals surface area contributed by atoms with Gasteiger partial charge in [-0.15, -0.1) is 12.6 Å². The van der Waals surface area contributed by atoms with Crippen molar-refractivity contribution in [2.75, 3.05) is 20.8 Å². The molecule has 0 aliphatic heterocycles. The minimum atomic E-state index is 0. The van der Waals surface area contributed by atoms with E-state index in [-0.39, 0.29) is 103 Å². The molecule has 7 heteroatoms. The standard InChI is InChI=1S/C11H10O3.C2H6N.CHS.2K/c1-13-10-5-6-11(14-2)9(8-10)4-3-7-12;1-2-3;1-2;;/h3,5-6,8H,1-2H3;1-3H2;1H;;/q-2;2*-1;2*+1. The second-order valence-electron chi connectivity index (χ2n) is 2.76. The topological polar surface area (TPSA) is 61.5 Å². The zero-order chi connectivity index (χ0) is 15.1. The normalized spacial score (nSPS) is 7.81. The summed E-state index contributed by atoms with van der Waals surface area (Å²) >= 11 is 3.58. The Bertz CT molecular complexity index is 390. The minimum absolute atomic E-state index is 0. The van der Waals surface area contributed by atoms with Crippen LogP contribution in [-0.4, -0.2) is 32.9 Å². The Labute approximate surface area is 218 Å². The zero-order valence-corrected chi connectivity index (χ0v) is 20.1. The Kier molecular flexibility index (Phi) is 34.5. The van der Waals surface area contributed by atoms with Crippen molar-refractivity contribution in [2.24, 2.45) is 5.73 Å². The number of hydrogen-bond acceptors (Lipinski definition) is 5.